The van der Waals surface area contributed by atoms with E-state index in [4.69, 9.17) is 31.5 Å². The maximum Gasteiger partial charge on any atom is 0.321 e. The Morgan fingerprint density at radius 1 is 1.09 bits per heavy atom. The number of esters is 1. The molecule has 44 heavy (non-hydrogen) atoms. The number of rotatable bonds is 20. The minimum atomic E-state index is -0.767. The van der Waals surface area contributed by atoms with E-state index in [1.54, 1.807) is 11.8 Å². The van der Waals surface area contributed by atoms with Crippen LogP contribution in [0.25, 0.3) is 11.5 Å². The van der Waals surface area contributed by atoms with Gasteiger partial charge in [-0.05, 0) is 76.7 Å². The highest BCUT2D eigenvalue weighted by atomic mass is 32.2. The zero-order valence-corrected chi connectivity index (χ0v) is 28.9. The molecular weight excluding hydrogens is 595 g/mol. The molecule has 7 nitrogen and oxygen atoms in total. The molecule has 0 amide bonds. The highest BCUT2D eigenvalue weighted by molar-refractivity contribution is 7.99. The minimum Gasteiger partial charge on any atom is -0.481 e. The first kappa shape index (κ1) is 36.5. The van der Waals surface area contributed by atoms with E-state index < -0.39 is 10.7 Å². The number of oxazole rings is 1. The number of thioether (sulfide) groups is 1. The van der Waals surface area contributed by atoms with Crippen molar-refractivity contribution >= 4 is 36.3 Å². The van der Waals surface area contributed by atoms with Gasteiger partial charge in [0.15, 0.2) is 0 Å². The molecule has 3 rings (SSSR count). The van der Waals surface area contributed by atoms with Crippen molar-refractivity contribution in [2.75, 3.05) is 12.4 Å². The van der Waals surface area contributed by atoms with Crippen molar-refractivity contribution in [2.24, 2.45) is 5.92 Å². The van der Waals surface area contributed by atoms with Crippen molar-refractivity contribution in [1.82, 2.24) is 4.98 Å². The van der Waals surface area contributed by atoms with E-state index in [0.29, 0.717) is 37.9 Å². The molecule has 2 aromatic rings. The van der Waals surface area contributed by atoms with Gasteiger partial charge in [0.1, 0.15) is 16.2 Å². The SMILES string of the molecule is CCCCCC(S)(CCCCC(CC(=O)O)SC[C@@H]1CCCC[C@@H]1OCc1nc(-c2ccc(C)cc2)oc1C)C(=O)OCC. The van der Waals surface area contributed by atoms with E-state index in [2.05, 4.69) is 26.0 Å². The molecule has 1 fully saturated rings. The molecule has 0 saturated heterocycles. The monoisotopic (exact) mass is 647 g/mol. The molecule has 1 heterocycles. The number of hydrogen-bond donors (Lipinski definition) is 2. The minimum absolute atomic E-state index is 0.0296. The molecule has 0 spiro atoms. The number of aryl methyl sites for hydroxylation is 2. The van der Waals surface area contributed by atoms with Crippen LogP contribution in [-0.2, 0) is 25.7 Å². The Kier molecular flexibility index (Phi) is 15.7. The highest BCUT2D eigenvalue weighted by Crippen LogP contribution is 2.35. The van der Waals surface area contributed by atoms with Crippen LogP contribution in [0.1, 0.15) is 114 Å². The van der Waals surface area contributed by atoms with Crippen LogP contribution in [-0.4, -0.2) is 50.5 Å². The number of ether oxygens (including phenoxy) is 2. The molecule has 9 heteroatoms. The van der Waals surface area contributed by atoms with E-state index in [1.807, 2.05) is 26.0 Å². The Hall–Kier alpha value is -1.97. The molecule has 1 aliphatic carbocycles. The maximum atomic E-state index is 12.7. The first-order chi connectivity index (χ1) is 21.1. The molecule has 246 valence electrons. The van der Waals surface area contributed by atoms with Crippen LogP contribution in [0.2, 0.25) is 0 Å². The number of aliphatic carboxylic acids is 1. The summed E-state index contributed by atoms with van der Waals surface area (Å²) in [5.74, 6) is 1.66. The summed E-state index contributed by atoms with van der Waals surface area (Å²) in [4.78, 5) is 29.1. The number of carboxylic acid groups (broad SMARTS) is 1. The molecule has 1 aromatic heterocycles. The van der Waals surface area contributed by atoms with E-state index in [-0.39, 0.29) is 23.7 Å². The molecular formula is C35H53NO6S2. The van der Waals surface area contributed by atoms with Crippen molar-refractivity contribution in [3.63, 3.8) is 0 Å². The zero-order valence-electron chi connectivity index (χ0n) is 27.1. The summed E-state index contributed by atoms with van der Waals surface area (Å²) >= 11 is 6.57. The van der Waals surface area contributed by atoms with Crippen LogP contribution < -0.4 is 0 Å². The van der Waals surface area contributed by atoms with E-state index in [9.17, 15) is 14.7 Å². The van der Waals surface area contributed by atoms with Crippen molar-refractivity contribution in [1.29, 1.82) is 0 Å². The Morgan fingerprint density at radius 3 is 2.48 bits per heavy atom. The second kappa shape index (κ2) is 18.9. The first-order valence-electron chi connectivity index (χ1n) is 16.5. The number of carbonyl (C=O) groups excluding carboxylic acids is 1. The van der Waals surface area contributed by atoms with Gasteiger partial charge in [-0.3, -0.25) is 9.59 Å². The lowest BCUT2D eigenvalue weighted by atomic mass is 9.88. The topological polar surface area (TPSA) is 98.9 Å². The van der Waals surface area contributed by atoms with Gasteiger partial charge >= 0.3 is 11.9 Å². The van der Waals surface area contributed by atoms with Crippen molar-refractivity contribution < 1.29 is 28.6 Å². The molecule has 0 bridgehead atoms. The number of hydrogen-bond acceptors (Lipinski definition) is 8. The van der Waals surface area contributed by atoms with Gasteiger partial charge in [-0.25, -0.2) is 4.98 Å². The average molecular weight is 648 g/mol. The normalized spacial score (nSPS) is 18.9. The smallest absolute Gasteiger partial charge is 0.321 e. The Bertz CT molecular complexity index is 1150. The Labute approximate surface area is 274 Å². The van der Waals surface area contributed by atoms with Crippen LogP contribution in [0.5, 0.6) is 0 Å². The fraction of sp³-hybridized carbons (Fsp3) is 0.686. The summed E-state index contributed by atoms with van der Waals surface area (Å²) in [5.41, 5.74) is 2.98. The second-order valence-corrected chi connectivity index (χ2v) is 14.5. The van der Waals surface area contributed by atoms with Gasteiger partial charge in [-0.1, -0.05) is 69.6 Å². The summed E-state index contributed by atoms with van der Waals surface area (Å²) < 4.78 is 17.0. The quantitative estimate of drug-likeness (QED) is 0.0835. The molecule has 2 unspecified atom stereocenters. The molecule has 1 aromatic carbocycles. The molecule has 4 atom stereocenters. The molecule has 1 saturated carbocycles. The van der Waals surface area contributed by atoms with Crippen LogP contribution >= 0.6 is 24.4 Å². The summed E-state index contributed by atoms with van der Waals surface area (Å²) in [5, 5.41) is 9.65. The van der Waals surface area contributed by atoms with Crippen LogP contribution in [0, 0.1) is 19.8 Å². The summed E-state index contributed by atoms with van der Waals surface area (Å²) in [6.07, 6.45) is 11.6. The van der Waals surface area contributed by atoms with Gasteiger partial charge < -0.3 is 19.0 Å². The third kappa shape index (κ3) is 11.8. The lowest BCUT2D eigenvalue weighted by Crippen LogP contribution is -2.34. The van der Waals surface area contributed by atoms with Gasteiger partial charge in [0, 0.05) is 10.8 Å². The Morgan fingerprint density at radius 2 is 1.80 bits per heavy atom. The largest absolute Gasteiger partial charge is 0.481 e. The summed E-state index contributed by atoms with van der Waals surface area (Å²) in [7, 11) is 0. The average Bonchev–Trinajstić information content (AvgIpc) is 3.37. The van der Waals surface area contributed by atoms with E-state index in [1.165, 1.54) is 12.0 Å². The molecule has 1 aliphatic rings. The van der Waals surface area contributed by atoms with Crippen LogP contribution in [0.4, 0.5) is 0 Å². The van der Waals surface area contributed by atoms with E-state index >= 15 is 0 Å². The number of benzene rings is 1. The van der Waals surface area contributed by atoms with Gasteiger partial charge in [0.2, 0.25) is 5.89 Å². The first-order valence-corrected chi connectivity index (χ1v) is 18.0. The lowest BCUT2D eigenvalue weighted by Gasteiger charge is -2.32. The number of thiol groups is 1. The molecule has 0 radical (unpaired) electrons. The predicted octanol–water partition coefficient (Wildman–Crippen LogP) is 8.98. The third-order valence-electron chi connectivity index (χ3n) is 8.63. The fourth-order valence-corrected chi connectivity index (χ4v) is 7.78. The lowest BCUT2D eigenvalue weighted by molar-refractivity contribution is -0.146. The summed E-state index contributed by atoms with van der Waals surface area (Å²) in [6.45, 7) is 8.73. The van der Waals surface area contributed by atoms with Gasteiger partial charge in [-0.2, -0.15) is 24.4 Å². The molecule has 0 aliphatic heterocycles. The predicted molar refractivity (Wildman–Crippen MR) is 181 cm³/mol. The van der Waals surface area contributed by atoms with Gasteiger partial charge in [-0.15, -0.1) is 0 Å². The Balaban J connectivity index is 1.52. The number of carboxylic acids is 1. The third-order valence-corrected chi connectivity index (χ3v) is 10.8. The number of aromatic nitrogens is 1. The number of nitrogens with zero attached hydrogens (tertiary/aromatic N) is 1. The van der Waals surface area contributed by atoms with Crippen LogP contribution in [0.3, 0.4) is 0 Å². The maximum absolute atomic E-state index is 12.7. The standard InChI is InChI=1S/C35H53NO6S2/c1-5-7-11-20-35(43,34(39)40-6-2)21-12-10-14-29(22-32(37)38)44-24-28-13-8-9-15-31(28)41-23-30-26(4)42-33(36-30)27-18-16-25(3)17-19-27/h16-19,28-29,31,43H,5-15,20-24H2,1-4H3,(H,37,38)/t28-,29?,31-,35?/m0/s1. The van der Waals surface area contributed by atoms with Gasteiger partial charge in [0.25, 0.3) is 0 Å². The van der Waals surface area contributed by atoms with Crippen LogP contribution in [0.15, 0.2) is 28.7 Å². The summed E-state index contributed by atoms with van der Waals surface area (Å²) in [6, 6.07) is 8.16. The highest BCUT2D eigenvalue weighted by Gasteiger charge is 2.35. The van der Waals surface area contributed by atoms with Crippen molar-refractivity contribution in [3.8, 4) is 11.5 Å². The van der Waals surface area contributed by atoms with Crippen molar-refractivity contribution in [3.05, 3.63) is 41.3 Å². The zero-order chi connectivity index (χ0) is 32.0. The molecule has 1 N–H and O–H groups in total. The van der Waals surface area contributed by atoms with Crippen molar-refractivity contribution in [2.45, 2.75) is 134 Å². The van der Waals surface area contributed by atoms with Gasteiger partial charge in [0.05, 0.1) is 25.7 Å². The number of unbranched alkanes of at least 4 members (excludes halogenated alkanes) is 3. The number of carbonyl (C=O) groups is 2. The fourth-order valence-electron chi connectivity index (χ4n) is 5.90. The second-order valence-electron chi connectivity index (χ2n) is 12.3. The van der Waals surface area contributed by atoms with E-state index in [0.717, 1.165) is 80.6 Å².